The van der Waals surface area contributed by atoms with Gasteiger partial charge in [0, 0.05) is 16.7 Å². The predicted octanol–water partition coefficient (Wildman–Crippen LogP) is 4.46. The third-order valence-electron chi connectivity index (χ3n) is 2.35. The minimum atomic E-state index is 0.172. The maximum Gasteiger partial charge on any atom is 0.0603 e. The second-order valence-corrected chi connectivity index (χ2v) is 6.87. The van der Waals surface area contributed by atoms with E-state index in [-0.39, 0.29) is 5.41 Å². The van der Waals surface area contributed by atoms with E-state index >= 15 is 0 Å². The van der Waals surface area contributed by atoms with E-state index in [1.165, 1.54) is 0 Å². The Kier molecular flexibility index (Phi) is 4.99. The second-order valence-electron chi connectivity index (χ2n) is 4.78. The zero-order valence-corrected chi connectivity index (χ0v) is 12.1. The minimum absolute atomic E-state index is 0.172. The van der Waals surface area contributed by atoms with Gasteiger partial charge in [0.05, 0.1) is 10.0 Å². The second kappa shape index (κ2) is 5.63. The summed E-state index contributed by atoms with van der Waals surface area (Å²) in [5, 5.41) is 1.55. The Morgan fingerprint density at radius 1 is 1.25 bits per heavy atom. The molecule has 0 aliphatic heterocycles. The molecule has 0 spiro atoms. The molecule has 0 aromatic heterocycles. The minimum Gasteiger partial charge on any atom is -0.329 e. The Morgan fingerprint density at radius 2 is 1.88 bits per heavy atom. The van der Waals surface area contributed by atoms with E-state index in [1.54, 1.807) is 11.8 Å². The first-order chi connectivity index (χ1) is 7.34. The van der Waals surface area contributed by atoms with Crippen LogP contribution in [0.1, 0.15) is 20.8 Å². The topological polar surface area (TPSA) is 26.0 Å². The van der Waals surface area contributed by atoms with E-state index in [0.29, 0.717) is 21.8 Å². The summed E-state index contributed by atoms with van der Waals surface area (Å²) in [4.78, 5) is 1.11. The van der Waals surface area contributed by atoms with Gasteiger partial charge in [-0.25, -0.2) is 0 Å². The van der Waals surface area contributed by atoms with E-state index in [2.05, 4.69) is 20.8 Å². The highest BCUT2D eigenvalue weighted by Crippen LogP contribution is 2.36. The molecule has 1 aromatic rings. The van der Waals surface area contributed by atoms with Crippen LogP contribution in [0.2, 0.25) is 10.0 Å². The third-order valence-corrected chi connectivity index (χ3v) is 4.80. The van der Waals surface area contributed by atoms with Crippen LogP contribution in [0.4, 0.5) is 0 Å². The summed E-state index contributed by atoms with van der Waals surface area (Å²) in [6.45, 7) is 7.22. The standard InChI is InChI=1S/C12H17Cl2NS/c1-12(2,3)11(7-15)16-8-4-5-9(13)10(14)6-8/h4-6,11H,7,15H2,1-3H3. The van der Waals surface area contributed by atoms with Gasteiger partial charge >= 0.3 is 0 Å². The molecule has 2 N–H and O–H groups in total. The Bertz CT molecular complexity index is 361. The lowest BCUT2D eigenvalue weighted by Crippen LogP contribution is -2.30. The third kappa shape index (κ3) is 3.85. The number of hydrogen-bond donors (Lipinski definition) is 1. The Morgan fingerprint density at radius 3 is 2.31 bits per heavy atom. The molecule has 0 radical (unpaired) electrons. The van der Waals surface area contributed by atoms with Gasteiger partial charge in [-0.2, -0.15) is 0 Å². The Balaban J connectivity index is 2.83. The van der Waals surface area contributed by atoms with Crippen molar-refractivity contribution in [1.82, 2.24) is 0 Å². The average molecular weight is 278 g/mol. The van der Waals surface area contributed by atoms with Gasteiger partial charge in [-0.05, 0) is 23.6 Å². The van der Waals surface area contributed by atoms with Crippen LogP contribution in [0, 0.1) is 5.41 Å². The molecule has 16 heavy (non-hydrogen) atoms. The summed E-state index contributed by atoms with van der Waals surface area (Å²) in [7, 11) is 0. The first-order valence-corrected chi connectivity index (χ1v) is 6.80. The monoisotopic (exact) mass is 277 g/mol. The van der Waals surface area contributed by atoms with Crippen LogP contribution < -0.4 is 5.73 Å². The molecule has 0 aliphatic carbocycles. The number of nitrogens with two attached hydrogens (primary N) is 1. The van der Waals surface area contributed by atoms with Gasteiger partial charge < -0.3 is 5.73 Å². The first kappa shape index (κ1) is 14.2. The molecule has 0 amide bonds. The number of halogens is 2. The molecule has 4 heteroatoms. The number of benzene rings is 1. The zero-order valence-electron chi connectivity index (χ0n) is 9.76. The number of rotatable bonds is 3. The van der Waals surface area contributed by atoms with Crippen LogP contribution >= 0.6 is 35.0 Å². The van der Waals surface area contributed by atoms with Crippen molar-refractivity contribution >= 4 is 35.0 Å². The van der Waals surface area contributed by atoms with Crippen molar-refractivity contribution in [2.24, 2.45) is 11.1 Å². The molecule has 90 valence electrons. The van der Waals surface area contributed by atoms with Crippen molar-refractivity contribution in [1.29, 1.82) is 0 Å². The van der Waals surface area contributed by atoms with Gasteiger partial charge in [-0.3, -0.25) is 0 Å². The van der Waals surface area contributed by atoms with Crippen molar-refractivity contribution in [3.05, 3.63) is 28.2 Å². The molecule has 0 heterocycles. The van der Waals surface area contributed by atoms with Gasteiger partial charge in [0.1, 0.15) is 0 Å². The van der Waals surface area contributed by atoms with E-state index in [9.17, 15) is 0 Å². The van der Waals surface area contributed by atoms with Crippen molar-refractivity contribution < 1.29 is 0 Å². The summed E-state index contributed by atoms with van der Waals surface area (Å²) < 4.78 is 0. The van der Waals surface area contributed by atoms with Gasteiger partial charge in [0.2, 0.25) is 0 Å². The summed E-state index contributed by atoms with van der Waals surface area (Å²) in [6, 6.07) is 5.69. The molecule has 1 unspecified atom stereocenters. The molecular formula is C12H17Cl2NS. The van der Waals surface area contributed by atoms with Crippen LogP contribution in [0.25, 0.3) is 0 Å². The Hall–Kier alpha value is 0.110. The summed E-state index contributed by atoms with van der Waals surface area (Å²) in [6.07, 6.45) is 0. The molecule has 1 aromatic carbocycles. The fourth-order valence-electron chi connectivity index (χ4n) is 1.29. The number of hydrogen-bond acceptors (Lipinski definition) is 2. The lowest BCUT2D eigenvalue weighted by Gasteiger charge is -2.29. The normalized spacial score (nSPS) is 13.9. The van der Waals surface area contributed by atoms with Gasteiger partial charge in [0.25, 0.3) is 0 Å². The zero-order chi connectivity index (χ0) is 12.3. The maximum absolute atomic E-state index is 5.98. The highest BCUT2D eigenvalue weighted by Gasteiger charge is 2.24. The lowest BCUT2D eigenvalue weighted by atomic mass is 9.92. The first-order valence-electron chi connectivity index (χ1n) is 5.16. The predicted molar refractivity (Wildman–Crippen MR) is 74.6 cm³/mol. The van der Waals surface area contributed by atoms with Crippen LogP contribution in [0.15, 0.2) is 23.1 Å². The Labute approximate surface area is 112 Å². The smallest absolute Gasteiger partial charge is 0.0603 e. The largest absolute Gasteiger partial charge is 0.329 e. The van der Waals surface area contributed by atoms with Gasteiger partial charge in [0.15, 0.2) is 0 Å². The fourth-order valence-corrected chi connectivity index (χ4v) is 2.77. The van der Waals surface area contributed by atoms with E-state index in [1.807, 2.05) is 18.2 Å². The molecule has 0 bridgehead atoms. The summed E-state index contributed by atoms with van der Waals surface area (Å²) >= 11 is 13.6. The molecule has 0 saturated carbocycles. The summed E-state index contributed by atoms with van der Waals surface area (Å²) in [5.74, 6) is 0. The van der Waals surface area contributed by atoms with Gasteiger partial charge in [-0.15, -0.1) is 11.8 Å². The highest BCUT2D eigenvalue weighted by atomic mass is 35.5. The van der Waals surface area contributed by atoms with Crippen molar-refractivity contribution in [3.8, 4) is 0 Å². The van der Waals surface area contributed by atoms with Crippen molar-refractivity contribution in [2.75, 3.05) is 6.54 Å². The molecule has 0 aliphatic rings. The quantitative estimate of drug-likeness (QED) is 0.826. The van der Waals surface area contributed by atoms with Crippen molar-refractivity contribution in [2.45, 2.75) is 30.9 Å². The molecule has 1 nitrogen and oxygen atoms in total. The summed E-state index contributed by atoms with van der Waals surface area (Å²) in [5.41, 5.74) is 5.97. The lowest BCUT2D eigenvalue weighted by molar-refractivity contribution is 0.398. The van der Waals surface area contributed by atoms with Gasteiger partial charge in [-0.1, -0.05) is 44.0 Å². The highest BCUT2D eigenvalue weighted by molar-refractivity contribution is 8.00. The van der Waals surface area contributed by atoms with Crippen molar-refractivity contribution in [3.63, 3.8) is 0 Å². The average Bonchev–Trinajstić information content (AvgIpc) is 2.18. The van der Waals surface area contributed by atoms with Crippen LogP contribution in [0.3, 0.4) is 0 Å². The van der Waals surface area contributed by atoms with E-state index < -0.39 is 0 Å². The molecular weight excluding hydrogens is 261 g/mol. The van der Waals surface area contributed by atoms with E-state index in [4.69, 9.17) is 28.9 Å². The molecule has 1 atom stereocenters. The van der Waals surface area contributed by atoms with Crippen LogP contribution in [-0.4, -0.2) is 11.8 Å². The molecule has 1 rings (SSSR count). The van der Waals surface area contributed by atoms with Crippen LogP contribution in [-0.2, 0) is 0 Å². The van der Waals surface area contributed by atoms with Crippen LogP contribution in [0.5, 0.6) is 0 Å². The SMILES string of the molecule is CC(C)(C)C(CN)Sc1ccc(Cl)c(Cl)c1. The number of thioether (sulfide) groups is 1. The molecule has 0 fully saturated rings. The molecule has 0 saturated heterocycles. The van der Waals surface area contributed by atoms with E-state index in [0.717, 1.165) is 4.90 Å². The fraction of sp³-hybridized carbons (Fsp3) is 0.500. The maximum atomic E-state index is 5.98.